The summed E-state index contributed by atoms with van der Waals surface area (Å²) >= 11 is 0. The summed E-state index contributed by atoms with van der Waals surface area (Å²) in [5, 5.41) is 2.96. The third kappa shape index (κ3) is 3.20. The Hall–Kier alpha value is -2.89. The number of hydrogen-bond donors (Lipinski definition) is 1. The van der Waals surface area contributed by atoms with Gasteiger partial charge in [-0.3, -0.25) is 4.79 Å². The van der Waals surface area contributed by atoms with Crippen LogP contribution in [-0.2, 0) is 4.79 Å². The number of carbonyl (C=O) groups excluding carboxylic acids is 1. The lowest BCUT2D eigenvalue weighted by molar-refractivity contribution is -0.131. The number of amides is 1. The minimum atomic E-state index is -0.672. The second-order valence-corrected chi connectivity index (χ2v) is 6.00. The molecule has 0 bridgehead atoms. The highest BCUT2D eigenvalue weighted by Gasteiger charge is 2.28. The SMILES string of the molecule is C[C@H](NC(=O)[C@H]1COc2ccccc2O1)c1ccc2c(c1)OCCO2. The molecule has 0 aromatic heterocycles. The van der Waals surface area contributed by atoms with Gasteiger partial charge >= 0.3 is 0 Å². The quantitative estimate of drug-likeness (QED) is 0.929. The molecule has 6 nitrogen and oxygen atoms in total. The zero-order valence-electron chi connectivity index (χ0n) is 13.9. The number of benzene rings is 2. The predicted octanol–water partition coefficient (Wildman–Crippen LogP) is 2.47. The monoisotopic (exact) mass is 341 g/mol. The van der Waals surface area contributed by atoms with Gasteiger partial charge in [-0.05, 0) is 36.8 Å². The highest BCUT2D eigenvalue weighted by molar-refractivity contribution is 5.82. The number of para-hydroxylation sites is 2. The second kappa shape index (κ2) is 6.55. The number of ether oxygens (including phenoxy) is 4. The summed E-state index contributed by atoms with van der Waals surface area (Å²) in [5.74, 6) is 2.47. The van der Waals surface area contributed by atoms with Crippen molar-refractivity contribution < 1.29 is 23.7 Å². The summed E-state index contributed by atoms with van der Waals surface area (Å²) in [6.07, 6.45) is -0.672. The molecule has 2 atom stereocenters. The molecule has 0 saturated carbocycles. The van der Waals surface area contributed by atoms with Gasteiger partial charge in [-0.15, -0.1) is 0 Å². The highest BCUT2D eigenvalue weighted by Crippen LogP contribution is 2.33. The molecule has 1 N–H and O–H groups in total. The van der Waals surface area contributed by atoms with E-state index in [4.69, 9.17) is 18.9 Å². The molecule has 2 aromatic rings. The molecule has 6 heteroatoms. The van der Waals surface area contributed by atoms with Crippen LogP contribution in [0.5, 0.6) is 23.0 Å². The Labute approximate surface area is 145 Å². The smallest absolute Gasteiger partial charge is 0.265 e. The van der Waals surface area contributed by atoms with Gasteiger partial charge in [0, 0.05) is 0 Å². The third-order valence-corrected chi connectivity index (χ3v) is 4.23. The first-order chi connectivity index (χ1) is 12.2. The van der Waals surface area contributed by atoms with E-state index in [1.54, 1.807) is 6.07 Å². The van der Waals surface area contributed by atoms with Gasteiger partial charge in [-0.25, -0.2) is 0 Å². The summed E-state index contributed by atoms with van der Waals surface area (Å²) < 4.78 is 22.4. The van der Waals surface area contributed by atoms with E-state index < -0.39 is 6.10 Å². The molecule has 0 radical (unpaired) electrons. The van der Waals surface area contributed by atoms with Crippen molar-refractivity contribution in [1.82, 2.24) is 5.32 Å². The van der Waals surface area contributed by atoms with Crippen molar-refractivity contribution in [2.45, 2.75) is 19.1 Å². The Morgan fingerprint density at radius 3 is 2.56 bits per heavy atom. The van der Waals surface area contributed by atoms with Crippen molar-refractivity contribution in [2.75, 3.05) is 19.8 Å². The van der Waals surface area contributed by atoms with Crippen molar-refractivity contribution >= 4 is 5.91 Å². The van der Waals surface area contributed by atoms with Gasteiger partial charge in [0.25, 0.3) is 5.91 Å². The molecule has 0 unspecified atom stereocenters. The number of carbonyl (C=O) groups is 1. The average Bonchev–Trinajstić information content (AvgIpc) is 2.67. The molecule has 2 aromatic carbocycles. The summed E-state index contributed by atoms with van der Waals surface area (Å²) in [4.78, 5) is 12.5. The number of nitrogens with one attached hydrogen (secondary N) is 1. The van der Waals surface area contributed by atoms with Crippen LogP contribution in [0.25, 0.3) is 0 Å². The van der Waals surface area contributed by atoms with Crippen LogP contribution in [0.3, 0.4) is 0 Å². The molecule has 2 aliphatic heterocycles. The summed E-state index contributed by atoms with van der Waals surface area (Å²) in [7, 11) is 0. The lowest BCUT2D eigenvalue weighted by Crippen LogP contribution is -2.44. The fourth-order valence-electron chi connectivity index (χ4n) is 2.87. The number of rotatable bonds is 3. The van der Waals surface area contributed by atoms with Crippen LogP contribution in [0, 0.1) is 0 Å². The molecular weight excluding hydrogens is 322 g/mol. The first kappa shape index (κ1) is 15.6. The molecule has 0 fully saturated rings. The van der Waals surface area contributed by atoms with Gasteiger partial charge in [-0.2, -0.15) is 0 Å². The summed E-state index contributed by atoms with van der Waals surface area (Å²) in [5.41, 5.74) is 0.940. The largest absolute Gasteiger partial charge is 0.486 e. The van der Waals surface area contributed by atoms with Gasteiger partial charge in [0.15, 0.2) is 23.0 Å². The maximum atomic E-state index is 12.5. The summed E-state index contributed by atoms with van der Waals surface area (Å²) in [6, 6.07) is 12.8. The molecule has 130 valence electrons. The minimum Gasteiger partial charge on any atom is -0.486 e. The Morgan fingerprint density at radius 1 is 1.00 bits per heavy atom. The predicted molar refractivity (Wildman–Crippen MR) is 90.3 cm³/mol. The van der Waals surface area contributed by atoms with Crippen molar-refractivity contribution in [1.29, 1.82) is 0 Å². The van der Waals surface area contributed by atoms with E-state index in [1.165, 1.54) is 0 Å². The molecule has 0 saturated heterocycles. The van der Waals surface area contributed by atoms with Crippen LogP contribution < -0.4 is 24.3 Å². The fourth-order valence-corrected chi connectivity index (χ4v) is 2.87. The molecule has 0 aliphatic carbocycles. The lowest BCUT2D eigenvalue weighted by Gasteiger charge is -2.27. The van der Waals surface area contributed by atoms with Crippen molar-refractivity contribution in [3.8, 4) is 23.0 Å². The molecule has 2 heterocycles. The van der Waals surface area contributed by atoms with Gasteiger partial charge < -0.3 is 24.3 Å². The standard InChI is InChI=1S/C19H19NO5/c1-12(13-6-7-15-17(10-13)23-9-8-22-15)20-19(21)18-11-24-14-4-2-3-5-16(14)25-18/h2-7,10,12,18H,8-9,11H2,1H3,(H,20,21)/t12-,18+/m0/s1. The Morgan fingerprint density at radius 2 is 1.72 bits per heavy atom. The highest BCUT2D eigenvalue weighted by atomic mass is 16.6. The average molecular weight is 341 g/mol. The Kier molecular flexibility index (Phi) is 4.09. The van der Waals surface area contributed by atoms with Gasteiger partial charge in [-0.1, -0.05) is 18.2 Å². The topological polar surface area (TPSA) is 66.0 Å². The fraction of sp³-hybridized carbons (Fsp3) is 0.316. The molecule has 0 spiro atoms. The lowest BCUT2D eigenvalue weighted by atomic mass is 10.1. The van der Waals surface area contributed by atoms with E-state index >= 15 is 0 Å². The van der Waals surface area contributed by atoms with Gasteiger partial charge in [0.1, 0.15) is 19.8 Å². The molecular formula is C19H19NO5. The Balaban J connectivity index is 1.42. The molecule has 1 amide bonds. The maximum absolute atomic E-state index is 12.5. The summed E-state index contributed by atoms with van der Waals surface area (Å²) in [6.45, 7) is 3.20. The van der Waals surface area contributed by atoms with Crippen LogP contribution in [0.4, 0.5) is 0 Å². The van der Waals surface area contributed by atoms with Crippen molar-refractivity contribution in [3.63, 3.8) is 0 Å². The minimum absolute atomic E-state index is 0.191. The van der Waals surface area contributed by atoms with Crippen molar-refractivity contribution in [2.24, 2.45) is 0 Å². The van der Waals surface area contributed by atoms with E-state index in [9.17, 15) is 4.79 Å². The third-order valence-electron chi connectivity index (χ3n) is 4.23. The second-order valence-electron chi connectivity index (χ2n) is 6.00. The zero-order chi connectivity index (χ0) is 17.2. The van der Waals surface area contributed by atoms with Crippen LogP contribution in [0.15, 0.2) is 42.5 Å². The number of fused-ring (bicyclic) bond motifs is 2. The number of hydrogen-bond acceptors (Lipinski definition) is 5. The molecule has 2 aliphatic rings. The normalized spacial score (nSPS) is 19.0. The van der Waals surface area contributed by atoms with Crippen LogP contribution in [-0.4, -0.2) is 31.8 Å². The van der Waals surface area contributed by atoms with E-state index in [2.05, 4.69) is 5.32 Å². The maximum Gasteiger partial charge on any atom is 0.265 e. The zero-order valence-corrected chi connectivity index (χ0v) is 13.9. The van der Waals surface area contributed by atoms with E-state index in [1.807, 2.05) is 43.3 Å². The first-order valence-electron chi connectivity index (χ1n) is 8.29. The van der Waals surface area contributed by atoms with Crippen LogP contribution in [0.1, 0.15) is 18.5 Å². The van der Waals surface area contributed by atoms with Crippen molar-refractivity contribution in [3.05, 3.63) is 48.0 Å². The van der Waals surface area contributed by atoms with E-state index in [0.29, 0.717) is 30.5 Å². The van der Waals surface area contributed by atoms with Gasteiger partial charge in [0.2, 0.25) is 6.10 Å². The van der Waals surface area contributed by atoms with Gasteiger partial charge in [0.05, 0.1) is 6.04 Å². The Bertz CT molecular complexity index is 791. The van der Waals surface area contributed by atoms with E-state index in [0.717, 1.165) is 11.3 Å². The molecule has 25 heavy (non-hydrogen) atoms. The first-order valence-corrected chi connectivity index (χ1v) is 8.29. The molecule has 4 rings (SSSR count). The van der Waals surface area contributed by atoms with Crippen LogP contribution in [0.2, 0.25) is 0 Å². The van der Waals surface area contributed by atoms with E-state index in [-0.39, 0.29) is 18.6 Å². The van der Waals surface area contributed by atoms with Crippen LogP contribution >= 0.6 is 0 Å².